The van der Waals surface area contributed by atoms with Crippen molar-refractivity contribution >= 4 is 46.2 Å². The summed E-state index contributed by atoms with van der Waals surface area (Å²) in [6, 6.07) is 20.4. The molecule has 3 aromatic carbocycles. The van der Waals surface area contributed by atoms with E-state index in [1.807, 2.05) is 42.5 Å². The molecule has 1 amide bonds. The lowest BCUT2D eigenvalue weighted by atomic mass is 10.2. The lowest BCUT2D eigenvalue weighted by Crippen LogP contribution is -2.34. The number of anilines is 2. The van der Waals surface area contributed by atoms with E-state index in [1.54, 1.807) is 18.2 Å². The molecule has 176 valence electrons. The molecule has 6 nitrogen and oxygen atoms in total. The fraction of sp³-hybridized carbons (Fsp3) is 0.231. The van der Waals surface area contributed by atoms with Gasteiger partial charge in [0.2, 0.25) is 0 Å². The van der Waals surface area contributed by atoms with Gasteiger partial charge in [-0.3, -0.25) is 10.1 Å². The summed E-state index contributed by atoms with van der Waals surface area (Å²) in [5.41, 5.74) is 3.34. The average Bonchev–Trinajstić information content (AvgIpc) is 3.38. The number of carbonyl (C=O) groups is 1. The summed E-state index contributed by atoms with van der Waals surface area (Å²) in [5.74, 6) is 0.660. The number of amides is 1. The molecule has 0 radical (unpaired) electrons. The number of rotatable bonds is 7. The predicted molar refractivity (Wildman–Crippen MR) is 140 cm³/mol. The maximum Gasteiger partial charge on any atom is 0.257 e. The molecule has 1 heterocycles. The minimum atomic E-state index is -0.335. The molecular formula is C26H26ClN3O3S. The van der Waals surface area contributed by atoms with Crippen LogP contribution < -0.4 is 25.0 Å². The Morgan fingerprint density at radius 3 is 2.50 bits per heavy atom. The van der Waals surface area contributed by atoms with Crippen LogP contribution in [0.15, 0.2) is 66.7 Å². The van der Waals surface area contributed by atoms with Crippen LogP contribution in [0, 0.1) is 0 Å². The van der Waals surface area contributed by atoms with Gasteiger partial charge >= 0.3 is 0 Å². The number of halogens is 1. The first kappa shape index (κ1) is 23.9. The van der Waals surface area contributed by atoms with Crippen molar-refractivity contribution in [2.75, 3.05) is 30.4 Å². The van der Waals surface area contributed by atoms with E-state index in [2.05, 4.69) is 21.6 Å². The van der Waals surface area contributed by atoms with Gasteiger partial charge in [0, 0.05) is 23.7 Å². The molecular weight excluding hydrogens is 470 g/mol. The van der Waals surface area contributed by atoms with E-state index in [-0.39, 0.29) is 11.0 Å². The standard InChI is InChI=1S/C26H26ClN3O3S/c1-32-24-16-19(10-13-23(24)33-17-18-8-11-20(27)12-9-18)25(31)29-26(34)28-21-6-2-3-7-22(21)30-14-4-5-15-30/h2-3,6-13,16H,4-5,14-15,17H2,1H3,(H2,28,29,31,34). The van der Waals surface area contributed by atoms with Crippen LogP contribution in [0.5, 0.6) is 11.5 Å². The fourth-order valence-electron chi connectivity index (χ4n) is 3.81. The molecule has 3 aromatic rings. The topological polar surface area (TPSA) is 62.8 Å². The fourth-order valence-corrected chi connectivity index (χ4v) is 4.14. The minimum absolute atomic E-state index is 0.235. The highest BCUT2D eigenvalue weighted by Crippen LogP contribution is 2.30. The van der Waals surface area contributed by atoms with Crippen LogP contribution in [0.3, 0.4) is 0 Å². The first-order chi connectivity index (χ1) is 16.5. The predicted octanol–water partition coefficient (Wildman–Crippen LogP) is 5.65. The third kappa shape index (κ3) is 5.98. The molecule has 0 saturated carbocycles. The molecule has 4 rings (SSSR count). The van der Waals surface area contributed by atoms with Crippen molar-refractivity contribution in [1.82, 2.24) is 5.32 Å². The van der Waals surface area contributed by atoms with Crippen molar-refractivity contribution in [3.8, 4) is 11.5 Å². The molecule has 0 aliphatic carbocycles. The van der Waals surface area contributed by atoms with E-state index in [4.69, 9.17) is 33.3 Å². The number of nitrogens with one attached hydrogen (secondary N) is 2. The average molecular weight is 496 g/mol. The maximum atomic E-state index is 12.8. The van der Waals surface area contributed by atoms with Gasteiger partial charge in [-0.05, 0) is 73.1 Å². The zero-order valence-electron chi connectivity index (χ0n) is 18.8. The van der Waals surface area contributed by atoms with Crippen molar-refractivity contribution in [3.63, 3.8) is 0 Å². The normalized spacial score (nSPS) is 12.8. The van der Waals surface area contributed by atoms with Crippen LogP contribution in [0.2, 0.25) is 5.02 Å². The number of carbonyl (C=O) groups excluding carboxylic acids is 1. The quantitative estimate of drug-likeness (QED) is 0.413. The van der Waals surface area contributed by atoms with Crippen LogP contribution in [-0.4, -0.2) is 31.2 Å². The number of thiocarbonyl (C=S) groups is 1. The number of methoxy groups -OCH3 is 1. The SMILES string of the molecule is COc1cc(C(=O)NC(=S)Nc2ccccc2N2CCCC2)ccc1OCc1ccc(Cl)cc1. The molecule has 0 atom stereocenters. The van der Waals surface area contributed by atoms with Gasteiger partial charge in [0.05, 0.1) is 18.5 Å². The van der Waals surface area contributed by atoms with E-state index >= 15 is 0 Å². The zero-order valence-corrected chi connectivity index (χ0v) is 20.4. The molecule has 0 spiro atoms. The number of nitrogens with zero attached hydrogens (tertiary/aromatic N) is 1. The Hall–Kier alpha value is -3.29. The van der Waals surface area contributed by atoms with E-state index in [9.17, 15) is 4.79 Å². The van der Waals surface area contributed by atoms with E-state index in [0.29, 0.717) is 28.7 Å². The van der Waals surface area contributed by atoms with Crippen molar-refractivity contribution in [2.24, 2.45) is 0 Å². The first-order valence-corrected chi connectivity index (χ1v) is 11.8. The maximum absolute atomic E-state index is 12.8. The van der Waals surface area contributed by atoms with Gasteiger partial charge < -0.3 is 19.7 Å². The molecule has 1 fully saturated rings. The minimum Gasteiger partial charge on any atom is -0.493 e. The van der Waals surface area contributed by atoms with Gasteiger partial charge in [-0.15, -0.1) is 0 Å². The third-order valence-corrected chi connectivity index (χ3v) is 6.02. The van der Waals surface area contributed by atoms with Crippen molar-refractivity contribution < 1.29 is 14.3 Å². The largest absolute Gasteiger partial charge is 0.493 e. The van der Waals surface area contributed by atoms with Crippen LogP contribution in [0.1, 0.15) is 28.8 Å². The Morgan fingerprint density at radius 1 is 1.03 bits per heavy atom. The molecule has 8 heteroatoms. The van der Waals surface area contributed by atoms with Crippen LogP contribution >= 0.6 is 23.8 Å². The lowest BCUT2D eigenvalue weighted by Gasteiger charge is -2.22. The summed E-state index contributed by atoms with van der Waals surface area (Å²) in [6.45, 7) is 2.39. The molecule has 1 aliphatic heterocycles. The summed E-state index contributed by atoms with van der Waals surface area (Å²) in [5, 5.41) is 6.82. The summed E-state index contributed by atoms with van der Waals surface area (Å²) < 4.78 is 11.3. The second kappa shape index (κ2) is 11.2. The summed E-state index contributed by atoms with van der Waals surface area (Å²) in [4.78, 5) is 15.1. The van der Waals surface area contributed by atoms with E-state index in [1.165, 1.54) is 20.0 Å². The molecule has 1 aliphatic rings. The molecule has 0 unspecified atom stereocenters. The van der Waals surface area contributed by atoms with Crippen LogP contribution in [0.4, 0.5) is 11.4 Å². The van der Waals surface area contributed by atoms with Crippen molar-refractivity contribution in [3.05, 3.63) is 82.9 Å². The molecule has 2 N–H and O–H groups in total. The Kier molecular flexibility index (Phi) is 7.87. The second-order valence-corrected chi connectivity index (χ2v) is 8.75. The van der Waals surface area contributed by atoms with E-state index < -0.39 is 0 Å². The Labute approximate surface area is 209 Å². The monoisotopic (exact) mass is 495 g/mol. The molecule has 34 heavy (non-hydrogen) atoms. The Bertz CT molecular complexity index is 1160. The highest BCUT2D eigenvalue weighted by atomic mass is 35.5. The third-order valence-electron chi connectivity index (χ3n) is 5.56. The van der Waals surface area contributed by atoms with Gasteiger partial charge in [0.25, 0.3) is 5.91 Å². The Morgan fingerprint density at radius 2 is 1.76 bits per heavy atom. The summed E-state index contributed by atoms with van der Waals surface area (Å²) in [7, 11) is 1.54. The van der Waals surface area contributed by atoms with Gasteiger partial charge in [-0.2, -0.15) is 0 Å². The van der Waals surface area contributed by atoms with Gasteiger partial charge in [-0.1, -0.05) is 35.9 Å². The second-order valence-electron chi connectivity index (χ2n) is 7.90. The number of ether oxygens (including phenoxy) is 2. The number of para-hydroxylation sites is 2. The van der Waals surface area contributed by atoms with Crippen LogP contribution in [-0.2, 0) is 6.61 Å². The van der Waals surface area contributed by atoms with Crippen molar-refractivity contribution in [2.45, 2.75) is 19.4 Å². The van der Waals surface area contributed by atoms with Gasteiger partial charge in [0.1, 0.15) is 6.61 Å². The highest BCUT2D eigenvalue weighted by molar-refractivity contribution is 7.80. The Balaban J connectivity index is 1.39. The smallest absolute Gasteiger partial charge is 0.257 e. The van der Waals surface area contributed by atoms with E-state index in [0.717, 1.165) is 30.0 Å². The molecule has 1 saturated heterocycles. The number of hydrogen-bond donors (Lipinski definition) is 2. The summed E-state index contributed by atoms with van der Waals surface area (Å²) in [6.07, 6.45) is 2.35. The summed E-state index contributed by atoms with van der Waals surface area (Å²) >= 11 is 11.3. The number of hydrogen-bond acceptors (Lipinski definition) is 5. The highest BCUT2D eigenvalue weighted by Gasteiger charge is 2.17. The number of benzene rings is 3. The molecule has 0 bridgehead atoms. The first-order valence-electron chi connectivity index (χ1n) is 11.0. The lowest BCUT2D eigenvalue weighted by molar-refractivity contribution is 0.0977. The van der Waals surface area contributed by atoms with Gasteiger partial charge in [0.15, 0.2) is 16.6 Å². The van der Waals surface area contributed by atoms with Gasteiger partial charge in [-0.25, -0.2) is 0 Å². The molecule has 0 aromatic heterocycles. The van der Waals surface area contributed by atoms with Crippen LogP contribution in [0.25, 0.3) is 0 Å². The van der Waals surface area contributed by atoms with Crippen molar-refractivity contribution in [1.29, 1.82) is 0 Å². The zero-order chi connectivity index (χ0) is 23.9.